The van der Waals surface area contributed by atoms with Crippen LogP contribution in [0.15, 0.2) is 17.1 Å². The van der Waals surface area contributed by atoms with Gasteiger partial charge in [-0.05, 0) is 13.0 Å². The van der Waals surface area contributed by atoms with Crippen LogP contribution in [0.4, 0.5) is 0 Å². The fourth-order valence-corrected chi connectivity index (χ4v) is 5.89. The van der Waals surface area contributed by atoms with Gasteiger partial charge in [0.05, 0.1) is 12.7 Å². The fraction of sp³-hybridized carbons (Fsp3) is 0.500. The van der Waals surface area contributed by atoms with E-state index in [1.165, 1.54) is 6.20 Å². The Kier molecular flexibility index (Phi) is 6.76. The second-order valence-electron chi connectivity index (χ2n) is 6.51. The quantitative estimate of drug-likeness (QED) is 0.259. The lowest BCUT2D eigenvalue weighted by atomic mass is 10.2. The van der Waals surface area contributed by atoms with E-state index in [1.807, 2.05) is 0 Å². The van der Waals surface area contributed by atoms with Crippen LogP contribution in [-0.2, 0) is 31.6 Å². The maximum absolute atomic E-state index is 12.2. The number of aliphatic hydroxyl groups excluding tert-OH is 1. The van der Waals surface area contributed by atoms with E-state index < -0.39 is 54.2 Å². The standard InChI is InChI=1S/C12H18N3O13P3/c1-6-2-7-4-15(12(17)14-11(7)13-6)10-3-8(16)9(26-10)5-25-30(21,22)28-31(23,24)27-29(18,19)20/h2,4,8-10,16H,3,5H2,1H3,(H,21,22)(H,23,24)(H,13,14,17)(H2,18,19,20)/t8-,9+,10+/m0/s1. The van der Waals surface area contributed by atoms with Crippen LogP contribution in [0.3, 0.4) is 0 Å². The zero-order chi connectivity index (χ0) is 23.2. The van der Waals surface area contributed by atoms with Crippen molar-refractivity contribution in [3.63, 3.8) is 0 Å². The molecule has 1 saturated heterocycles. The number of aliphatic hydroxyl groups is 1. The first-order valence-electron chi connectivity index (χ1n) is 8.34. The zero-order valence-corrected chi connectivity index (χ0v) is 18.2. The van der Waals surface area contributed by atoms with Crippen molar-refractivity contribution in [3.05, 3.63) is 28.4 Å². The van der Waals surface area contributed by atoms with Crippen molar-refractivity contribution >= 4 is 34.5 Å². The predicted octanol–water partition coefficient (Wildman–Crippen LogP) is 0.0247. The molecule has 1 aliphatic heterocycles. The maximum Gasteiger partial charge on any atom is 0.490 e. The molecule has 0 aliphatic carbocycles. The average Bonchev–Trinajstić information content (AvgIpc) is 3.10. The Hall–Kier alpha value is -1.25. The van der Waals surface area contributed by atoms with Gasteiger partial charge in [0, 0.05) is 23.7 Å². The summed E-state index contributed by atoms with van der Waals surface area (Å²) in [4.78, 5) is 54.6. The molecule has 6 N–H and O–H groups in total. The number of nitrogens with one attached hydrogen (secondary N) is 1. The van der Waals surface area contributed by atoms with Gasteiger partial charge in [-0.3, -0.25) is 9.09 Å². The van der Waals surface area contributed by atoms with Crippen LogP contribution in [0.2, 0.25) is 0 Å². The smallest absolute Gasteiger partial charge is 0.390 e. The van der Waals surface area contributed by atoms with Crippen LogP contribution in [-0.4, -0.2) is 58.0 Å². The molecule has 16 nitrogen and oxygen atoms in total. The van der Waals surface area contributed by atoms with Gasteiger partial charge in [0.2, 0.25) is 0 Å². The van der Waals surface area contributed by atoms with Crippen molar-refractivity contribution in [2.24, 2.45) is 0 Å². The van der Waals surface area contributed by atoms with Crippen molar-refractivity contribution in [2.75, 3.05) is 6.61 Å². The SMILES string of the molecule is Cc1cc2cn([C@H]3C[C@H](O)[C@@H](COP(=O)(O)OP(=O)(O)OP(=O)(O)O)O3)c(=O)nc2[nH]1. The number of phosphoric ester groups is 1. The van der Waals surface area contributed by atoms with Crippen molar-refractivity contribution < 1.29 is 56.3 Å². The fourth-order valence-electron chi connectivity index (χ4n) is 2.86. The highest BCUT2D eigenvalue weighted by Gasteiger charge is 2.43. The number of aromatic amines is 1. The van der Waals surface area contributed by atoms with E-state index in [2.05, 4.69) is 23.1 Å². The highest BCUT2D eigenvalue weighted by molar-refractivity contribution is 7.66. The number of aromatic nitrogens is 3. The first-order valence-corrected chi connectivity index (χ1v) is 12.9. The Balaban J connectivity index is 1.66. The highest BCUT2D eigenvalue weighted by atomic mass is 31.3. The monoisotopic (exact) mass is 505 g/mol. The van der Waals surface area contributed by atoms with Crippen molar-refractivity contribution in [2.45, 2.75) is 31.8 Å². The van der Waals surface area contributed by atoms with E-state index in [4.69, 9.17) is 19.4 Å². The van der Waals surface area contributed by atoms with E-state index in [-0.39, 0.29) is 6.42 Å². The first-order chi connectivity index (χ1) is 14.1. The molecule has 0 radical (unpaired) electrons. The summed E-state index contributed by atoms with van der Waals surface area (Å²) in [7, 11) is -16.5. The van der Waals surface area contributed by atoms with Gasteiger partial charge in [-0.2, -0.15) is 13.6 Å². The van der Waals surface area contributed by atoms with Crippen LogP contribution < -0.4 is 5.69 Å². The number of rotatable bonds is 8. The molecule has 1 aliphatic rings. The third-order valence-corrected chi connectivity index (χ3v) is 7.80. The minimum atomic E-state index is -5.66. The molecule has 31 heavy (non-hydrogen) atoms. The zero-order valence-electron chi connectivity index (χ0n) is 15.5. The summed E-state index contributed by atoms with van der Waals surface area (Å²) in [5.41, 5.74) is 0.447. The molecule has 2 aromatic heterocycles. The van der Waals surface area contributed by atoms with Gasteiger partial charge in [-0.15, -0.1) is 0 Å². The number of phosphoric acid groups is 3. The molecule has 2 aromatic rings. The molecule has 0 aromatic carbocycles. The number of aryl methyl sites for hydroxylation is 1. The summed E-state index contributed by atoms with van der Waals surface area (Å²) in [5, 5.41) is 10.7. The lowest BCUT2D eigenvalue weighted by Gasteiger charge is -2.19. The molecule has 0 bridgehead atoms. The number of hydrogen-bond donors (Lipinski definition) is 6. The summed E-state index contributed by atoms with van der Waals surface area (Å²) in [6.07, 6.45) is -2.18. The Morgan fingerprint density at radius 2 is 1.90 bits per heavy atom. The summed E-state index contributed by atoms with van der Waals surface area (Å²) in [6.45, 7) is 0.931. The molecule has 3 heterocycles. The van der Waals surface area contributed by atoms with E-state index >= 15 is 0 Å². The third-order valence-electron chi connectivity index (χ3n) is 4.00. The van der Waals surface area contributed by atoms with Gasteiger partial charge < -0.3 is 34.4 Å². The lowest BCUT2D eigenvalue weighted by Crippen LogP contribution is -2.28. The molecule has 19 heteroatoms. The molecule has 2 unspecified atom stereocenters. The number of nitrogens with zero attached hydrogens (tertiary/aromatic N) is 2. The largest absolute Gasteiger partial charge is 0.490 e. The van der Waals surface area contributed by atoms with E-state index in [1.54, 1.807) is 13.0 Å². The Morgan fingerprint density at radius 1 is 1.23 bits per heavy atom. The minimum Gasteiger partial charge on any atom is -0.390 e. The van der Waals surface area contributed by atoms with E-state index in [0.717, 1.165) is 10.3 Å². The molecule has 3 rings (SSSR count). The molecule has 174 valence electrons. The van der Waals surface area contributed by atoms with Crippen LogP contribution >= 0.6 is 23.5 Å². The van der Waals surface area contributed by atoms with Gasteiger partial charge in [-0.1, -0.05) is 0 Å². The molecular weight excluding hydrogens is 487 g/mol. The molecular formula is C12H18N3O13P3. The number of H-pyrrole nitrogens is 1. The van der Waals surface area contributed by atoms with Crippen LogP contribution in [0.1, 0.15) is 18.3 Å². The molecule has 0 amide bonds. The predicted molar refractivity (Wildman–Crippen MR) is 99.4 cm³/mol. The number of fused-ring (bicyclic) bond motifs is 1. The molecule has 0 spiro atoms. The summed E-state index contributed by atoms with van der Waals surface area (Å²) in [5.74, 6) is 0. The topological polar surface area (TPSA) is 240 Å². The van der Waals surface area contributed by atoms with Gasteiger partial charge in [0.25, 0.3) is 0 Å². The van der Waals surface area contributed by atoms with Crippen LogP contribution in [0.5, 0.6) is 0 Å². The van der Waals surface area contributed by atoms with Gasteiger partial charge in [0.15, 0.2) is 0 Å². The molecule has 0 saturated carbocycles. The van der Waals surface area contributed by atoms with Crippen molar-refractivity contribution in [1.82, 2.24) is 14.5 Å². The summed E-state index contributed by atoms with van der Waals surface area (Å²) in [6, 6.07) is 1.73. The number of ether oxygens (including phenoxy) is 1. The normalized spacial score (nSPS) is 26.1. The molecule has 5 atom stereocenters. The Labute approximate surface area is 172 Å². The van der Waals surface area contributed by atoms with Crippen LogP contribution in [0.25, 0.3) is 11.0 Å². The Bertz CT molecular complexity index is 1170. The Morgan fingerprint density at radius 3 is 2.55 bits per heavy atom. The third kappa shape index (κ3) is 6.39. The highest BCUT2D eigenvalue weighted by Crippen LogP contribution is 2.66. The number of hydrogen-bond acceptors (Lipinski definition) is 10. The van der Waals surface area contributed by atoms with Crippen molar-refractivity contribution in [1.29, 1.82) is 0 Å². The van der Waals surface area contributed by atoms with Gasteiger partial charge in [0.1, 0.15) is 18.0 Å². The van der Waals surface area contributed by atoms with Crippen LogP contribution in [0, 0.1) is 6.92 Å². The van der Waals surface area contributed by atoms with Gasteiger partial charge in [-0.25, -0.2) is 18.5 Å². The second kappa shape index (κ2) is 8.60. The lowest BCUT2D eigenvalue weighted by molar-refractivity contribution is -0.0448. The first kappa shape index (κ1) is 24.4. The minimum absolute atomic E-state index is 0.110. The van der Waals surface area contributed by atoms with Gasteiger partial charge >= 0.3 is 29.2 Å². The molecule has 1 fully saturated rings. The van der Waals surface area contributed by atoms with Crippen molar-refractivity contribution in [3.8, 4) is 0 Å². The van der Waals surface area contributed by atoms with E-state index in [9.17, 15) is 28.5 Å². The summed E-state index contributed by atoms with van der Waals surface area (Å²) < 4.78 is 51.9. The average molecular weight is 505 g/mol. The summed E-state index contributed by atoms with van der Waals surface area (Å²) >= 11 is 0. The second-order valence-corrected chi connectivity index (χ2v) is 10.9. The maximum atomic E-state index is 12.2. The van der Waals surface area contributed by atoms with E-state index in [0.29, 0.717) is 11.0 Å².